The van der Waals surface area contributed by atoms with Gasteiger partial charge in [0.1, 0.15) is 24.5 Å². The van der Waals surface area contributed by atoms with Crippen molar-refractivity contribution < 1.29 is 14.7 Å². The number of carbonyl (C=O) groups is 2. The van der Waals surface area contributed by atoms with Crippen LogP contribution in [0.4, 0.5) is 11.6 Å². The lowest BCUT2D eigenvalue weighted by atomic mass is 10.3. The van der Waals surface area contributed by atoms with E-state index in [0.717, 1.165) is 12.2 Å². The Morgan fingerprint density at radius 1 is 1.37 bits per heavy atom. The molecule has 0 spiro atoms. The normalized spacial score (nSPS) is 15.2. The van der Waals surface area contributed by atoms with E-state index < -0.39 is 5.97 Å². The van der Waals surface area contributed by atoms with Crippen molar-refractivity contribution >= 4 is 24.0 Å². The molecule has 0 radical (unpaired) electrons. The number of rotatable bonds is 5. The minimum atomic E-state index is -0.945. The molecule has 0 aromatic carbocycles. The highest BCUT2D eigenvalue weighted by Crippen LogP contribution is 2.15. The van der Waals surface area contributed by atoms with E-state index in [1.807, 2.05) is 4.90 Å². The van der Waals surface area contributed by atoms with Crippen LogP contribution in [0.25, 0.3) is 0 Å². The lowest BCUT2D eigenvalue weighted by molar-refractivity contribution is -0.135. The zero-order chi connectivity index (χ0) is 13.7. The molecule has 1 amide bonds. The van der Waals surface area contributed by atoms with Crippen LogP contribution in [-0.4, -0.2) is 65.1 Å². The number of carboxylic acids is 1. The molecule has 19 heavy (non-hydrogen) atoms. The lowest BCUT2D eigenvalue weighted by Gasteiger charge is -2.33. The van der Waals surface area contributed by atoms with Crippen molar-refractivity contribution in [3.05, 3.63) is 12.4 Å². The molecule has 0 aliphatic carbocycles. The van der Waals surface area contributed by atoms with Crippen molar-refractivity contribution in [2.75, 3.05) is 42.9 Å². The molecule has 0 saturated carbocycles. The number of aromatic nitrogens is 2. The summed E-state index contributed by atoms with van der Waals surface area (Å²) in [5, 5.41) is 11.3. The van der Waals surface area contributed by atoms with E-state index in [4.69, 9.17) is 5.11 Å². The molecule has 8 heteroatoms. The molecule has 2 heterocycles. The molecule has 1 aromatic rings. The zero-order valence-electron chi connectivity index (χ0n) is 10.3. The molecule has 2 N–H and O–H groups in total. The van der Waals surface area contributed by atoms with E-state index in [9.17, 15) is 9.59 Å². The highest BCUT2D eigenvalue weighted by atomic mass is 16.4. The van der Waals surface area contributed by atoms with Gasteiger partial charge >= 0.3 is 5.97 Å². The number of piperazine rings is 1. The Hall–Kier alpha value is -2.38. The van der Waals surface area contributed by atoms with Gasteiger partial charge in [-0.05, 0) is 0 Å². The maximum Gasteiger partial charge on any atom is 0.322 e. The predicted molar refractivity (Wildman–Crippen MR) is 68.0 cm³/mol. The maximum absolute atomic E-state index is 10.6. The smallest absolute Gasteiger partial charge is 0.322 e. The minimum absolute atomic E-state index is 0.185. The first-order valence-electron chi connectivity index (χ1n) is 5.91. The van der Waals surface area contributed by atoms with E-state index in [1.54, 1.807) is 11.0 Å². The van der Waals surface area contributed by atoms with Crippen molar-refractivity contribution in [3.63, 3.8) is 0 Å². The Morgan fingerprint density at radius 2 is 2.11 bits per heavy atom. The first kappa shape index (κ1) is 13.1. The van der Waals surface area contributed by atoms with Crippen LogP contribution in [0.5, 0.6) is 0 Å². The summed E-state index contributed by atoms with van der Waals surface area (Å²) in [5.74, 6) is 0.262. The molecule has 1 aliphatic rings. The third-order valence-electron chi connectivity index (χ3n) is 2.86. The van der Waals surface area contributed by atoms with Crippen molar-refractivity contribution in [3.8, 4) is 0 Å². The molecule has 2 rings (SSSR count). The molecule has 1 fully saturated rings. The highest BCUT2D eigenvalue weighted by Gasteiger charge is 2.17. The van der Waals surface area contributed by atoms with Crippen LogP contribution in [-0.2, 0) is 9.59 Å². The van der Waals surface area contributed by atoms with E-state index in [1.165, 1.54) is 6.33 Å². The van der Waals surface area contributed by atoms with Gasteiger partial charge in [-0.15, -0.1) is 0 Å². The molecule has 1 saturated heterocycles. The first-order chi connectivity index (χ1) is 9.19. The predicted octanol–water partition coefficient (Wildman–Crippen LogP) is -0.748. The monoisotopic (exact) mass is 265 g/mol. The minimum Gasteiger partial charge on any atom is -0.480 e. The molecule has 0 unspecified atom stereocenters. The fourth-order valence-corrected chi connectivity index (χ4v) is 1.84. The number of carbonyl (C=O) groups excluding carboxylic acids is 1. The maximum atomic E-state index is 10.6. The summed E-state index contributed by atoms with van der Waals surface area (Å²) < 4.78 is 0. The third kappa shape index (κ3) is 3.54. The third-order valence-corrected chi connectivity index (χ3v) is 2.86. The quantitative estimate of drug-likeness (QED) is 0.676. The second kappa shape index (κ2) is 5.98. The summed E-state index contributed by atoms with van der Waals surface area (Å²) >= 11 is 0. The average Bonchev–Trinajstić information content (AvgIpc) is 2.45. The fourth-order valence-electron chi connectivity index (χ4n) is 1.84. The molecule has 1 aliphatic heterocycles. The van der Waals surface area contributed by atoms with Gasteiger partial charge < -0.3 is 20.2 Å². The molecule has 1 aromatic heterocycles. The number of aliphatic carboxylic acids is 1. The zero-order valence-corrected chi connectivity index (χ0v) is 10.3. The topological polar surface area (TPSA) is 98.7 Å². The van der Waals surface area contributed by atoms with Crippen LogP contribution in [0.2, 0.25) is 0 Å². The van der Waals surface area contributed by atoms with Crippen LogP contribution >= 0.6 is 0 Å². The van der Waals surface area contributed by atoms with Crippen molar-refractivity contribution in [1.29, 1.82) is 0 Å². The summed E-state index contributed by atoms with van der Waals surface area (Å²) in [6, 6.07) is 1.71. The average molecular weight is 265 g/mol. The van der Waals surface area contributed by atoms with Gasteiger partial charge in [0.25, 0.3) is 0 Å². The summed E-state index contributed by atoms with van der Waals surface area (Å²) in [4.78, 5) is 33.0. The van der Waals surface area contributed by atoms with Gasteiger partial charge in [0.2, 0.25) is 6.41 Å². The van der Waals surface area contributed by atoms with E-state index >= 15 is 0 Å². The van der Waals surface area contributed by atoms with E-state index in [0.29, 0.717) is 32.0 Å². The van der Waals surface area contributed by atoms with Gasteiger partial charge in [-0.2, -0.15) is 0 Å². The number of anilines is 2. The Bertz CT molecular complexity index is 459. The number of amides is 1. The van der Waals surface area contributed by atoms with E-state index in [-0.39, 0.29) is 6.54 Å². The van der Waals surface area contributed by atoms with Gasteiger partial charge in [0, 0.05) is 32.2 Å². The van der Waals surface area contributed by atoms with Gasteiger partial charge in [0.05, 0.1) is 0 Å². The molecular weight excluding hydrogens is 250 g/mol. The molecule has 8 nitrogen and oxygen atoms in total. The summed E-state index contributed by atoms with van der Waals surface area (Å²) in [5.41, 5.74) is 0. The second-order valence-electron chi connectivity index (χ2n) is 4.14. The van der Waals surface area contributed by atoms with Gasteiger partial charge in [-0.25, -0.2) is 9.97 Å². The number of carboxylic acid groups (broad SMARTS) is 1. The number of hydrogen-bond acceptors (Lipinski definition) is 6. The largest absolute Gasteiger partial charge is 0.480 e. The van der Waals surface area contributed by atoms with E-state index in [2.05, 4.69) is 15.3 Å². The standard InChI is InChI=1S/C11H15N5O3/c17-8-15-1-3-16(4-2-15)10-5-9(13-7-14-10)12-6-11(18)19/h5,7-8H,1-4,6H2,(H,18,19)(H,12,13,14). The van der Waals surface area contributed by atoms with Crippen molar-refractivity contribution in [1.82, 2.24) is 14.9 Å². The fraction of sp³-hybridized carbons (Fsp3) is 0.455. The van der Waals surface area contributed by atoms with Gasteiger partial charge in [-0.3, -0.25) is 9.59 Å². The Morgan fingerprint density at radius 3 is 2.74 bits per heavy atom. The van der Waals surface area contributed by atoms with Crippen LogP contribution in [0.1, 0.15) is 0 Å². The van der Waals surface area contributed by atoms with Crippen LogP contribution in [0.3, 0.4) is 0 Å². The summed E-state index contributed by atoms with van der Waals surface area (Å²) in [7, 11) is 0. The Balaban J connectivity index is 1.98. The lowest BCUT2D eigenvalue weighted by Crippen LogP contribution is -2.46. The SMILES string of the molecule is O=CN1CCN(c2cc(NCC(=O)O)ncn2)CC1. The van der Waals surface area contributed by atoms with Gasteiger partial charge in [-0.1, -0.05) is 0 Å². The Kier molecular flexibility index (Phi) is 4.11. The van der Waals surface area contributed by atoms with Crippen LogP contribution in [0, 0.1) is 0 Å². The summed E-state index contributed by atoms with van der Waals surface area (Å²) in [6.07, 6.45) is 2.24. The number of hydrogen-bond donors (Lipinski definition) is 2. The second-order valence-corrected chi connectivity index (χ2v) is 4.14. The van der Waals surface area contributed by atoms with Crippen molar-refractivity contribution in [2.24, 2.45) is 0 Å². The first-order valence-corrected chi connectivity index (χ1v) is 5.91. The molecular formula is C11H15N5O3. The molecule has 102 valence electrons. The Labute approximate surface area is 110 Å². The molecule has 0 atom stereocenters. The van der Waals surface area contributed by atoms with Crippen molar-refractivity contribution in [2.45, 2.75) is 0 Å². The molecule has 0 bridgehead atoms. The van der Waals surface area contributed by atoms with Crippen LogP contribution in [0.15, 0.2) is 12.4 Å². The van der Waals surface area contributed by atoms with Gasteiger partial charge in [0.15, 0.2) is 0 Å². The summed E-state index contributed by atoms with van der Waals surface area (Å²) in [6.45, 7) is 2.54. The number of nitrogens with zero attached hydrogens (tertiary/aromatic N) is 4. The number of nitrogens with one attached hydrogen (secondary N) is 1. The van der Waals surface area contributed by atoms with Crippen LogP contribution < -0.4 is 10.2 Å². The highest BCUT2D eigenvalue weighted by molar-refractivity contribution is 5.72.